The Labute approximate surface area is 107 Å². The lowest BCUT2D eigenvalue weighted by molar-refractivity contribution is 0.448. The highest BCUT2D eigenvalue weighted by Crippen LogP contribution is 2.27. The van der Waals surface area contributed by atoms with Crippen LogP contribution >= 0.6 is 0 Å². The molecule has 0 atom stereocenters. The lowest BCUT2D eigenvalue weighted by Gasteiger charge is -2.05. The van der Waals surface area contributed by atoms with Crippen LogP contribution in [0.5, 0.6) is 0 Å². The average Bonchev–Trinajstić information content (AvgIpc) is 2.44. The zero-order valence-electron chi connectivity index (χ0n) is 9.62. The summed E-state index contributed by atoms with van der Waals surface area (Å²) >= 11 is 0. The Morgan fingerprint density at radius 2 is 1.84 bits per heavy atom. The number of rotatable bonds is 1. The molecule has 4 heteroatoms. The van der Waals surface area contributed by atoms with Crippen LogP contribution in [0.15, 0.2) is 42.6 Å². The minimum atomic E-state index is -1.49. The van der Waals surface area contributed by atoms with Crippen molar-refractivity contribution in [1.29, 1.82) is 0 Å². The number of benzene rings is 2. The summed E-state index contributed by atoms with van der Waals surface area (Å²) in [5.41, 5.74) is 1.08. The molecule has 2 aromatic carbocycles. The first-order valence-electron chi connectivity index (χ1n) is 5.57. The quantitative estimate of drug-likeness (QED) is 0.598. The van der Waals surface area contributed by atoms with E-state index in [1.54, 1.807) is 30.5 Å². The zero-order valence-corrected chi connectivity index (χ0v) is 9.62. The maximum Gasteiger partial charge on any atom is 0.195 e. The standard InChI is InChI=1S/C15H7F3N/c16-12-5-4-11(14(17)15(12)18)9-3-6-13-10(8-9)2-1-7-19-13/h1-3,5-8H. The Morgan fingerprint density at radius 1 is 1.00 bits per heavy atom. The van der Waals surface area contributed by atoms with E-state index >= 15 is 0 Å². The molecule has 0 bridgehead atoms. The second-order valence-corrected chi connectivity index (χ2v) is 4.05. The lowest BCUT2D eigenvalue weighted by Crippen LogP contribution is -1.94. The van der Waals surface area contributed by atoms with Gasteiger partial charge in [0.25, 0.3) is 0 Å². The van der Waals surface area contributed by atoms with Crippen molar-refractivity contribution in [3.63, 3.8) is 0 Å². The van der Waals surface area contributed by atoms with E-state index in [0.717, 1.165) is 17.0 Å². The molecule has 0 spiro atoms. The second-order valence-electron chi connectivity index (χ2n) is 4.05. The van der Waals surface area contributed by atoms with Crippen LogP contribution in [0.4, 0.5) is 13.2 Å². The van der Waals surface area contributed by atoms with Gasteiger partial charge in [0.15, 0.2) is 17.5 Å². The molecule has 1 heterocycles. The topological polar surface area (TPSA) is 12.9 Å². The molecule has 93 valence electrons. The number of hydrogen-bond acceptors (Lipinski definition) is 1. The van der Waals surface area contributed by atoms with Crippen LogP contribution in [0, 0.1) is 23.5 Å². The predicted octanol–water partition coefficient (Wildman–Crippen LogP) is 4.12. The fourth-order valence-electron chi connectivity index (χ4n) is 1.92. The highest BCUT2D eigenvalue weighted by molar-refractivity contribution is 5.84. The van der Waals surface area contributed by atoms with Crippen LogP contribution in [0.3, 0.4) is 0 Å². The Balaban J connectivity index is 2.22. The molecule has 3 rings (SSSR count). The first-order chi connectivity index (χ1) is 9.16. The summed E-state index contributed by atoms with van der Waals surface area (Å²) in [4.78, 5) is 4.13. The molecule has 0 aliphatic carbocycles. The van der Waals surface area contributed by atoms with E-state index in [9.17, 15) is 13.2 Å². The normalized spacial score (nSPS) is 10.9. The fraction of sp³-hybridized carbons (Fsp3) is 0. The third kappa shape index (κ3) is 1.95. The first-order valence-corrected chi connectivity index (χ1v) is 5.57. The van der Waals surface area contributed by atoms with Crippen molar-refractivity contribution in [2.45, 2.75) is 0 Å². The summed E-state index contributed by atoms with van der Waals surface area (Å²) in [6, 6.07) is 11.7. The van der Waals surface area contributed by atoms with Crippen molar-refractivity contribution in [2.75, 3.05) is 0 Å². The Bertz CT molecular complexity index is 768. The summed E-state index contributed by atoms with van der Waals surface area (Å²) in [5, 5.41) is 0.789. The largest absolute Gasteiger partial charge is 0.256 e. The molecule has 0 unspecified atom stereocenters. The van der Waals surface area contributed by atoms with Gasteiger partial charge >= 0.3 is 0 Å². The third-order valence-corrected chi connectivity index (χ3v) is 2.86. The molecule has 19 heavy (non-hydrogen) atoms. The summed E-state index contributed by atoms with van der Waals surface area (Å²) in [6.07, 6.45) is 1.65. The molecule has 0 amide bonds. The van der Waals surface area contributed by atoms with Crippen LogP contribution in [-0.2, 0) is 0 Å². The maximum absolute atomic E-state index is 13.7. The Morgan fingerprint density at radius 3 is 2.68 bits per heavy atom. The summed E-state index contributed by atoms with van der Waals surface area (Å²) in [5.74, 6) is -3.97. The molecule has 0 aliphatic rings. The molecular formula is C15H7F3N. The van der Waals surface area contributed by atoms with E-state index in [4.69, 9.17) is 0 Å². The molecular weight excluding hydrogens is 251 g/mol. The van der Waals surface area contributed by atoms with Crippen LogP contribution in [-0.4, -0.2) is 4.98 Å². The molecule has 0 saturated carbocycles. The number of fused-ring (bicyclic) bond motifs is 1. The number of halogens is 3. The smallest absolute Gasteiger partial charge is 0.195 e. The van der Waals surface area contributed by atoms with E-state index < -0.39 is 17.5 Å². The lowest BCUT2D eigenvalue weighted by atomic mass is 10.0. The molecule has 3 aromatic rings. The van der Waals surface area contributed by atoms with Crippen molar-refractivity contribution in [3.8, 4) is 11.1 Å². The number of pyridine rings is 1. The van der Waals surface area contributed by atoms with Gasteiger partial charge in [-0.1, -0.05) is 12.1 Å². The third-order valence-electron chi connectivity index (χ3n) is 2.86. The van der Waals surface area contributed by atoms with Crippen molar-refractivity contribution in [2.24, 2.45) is 0 Å². The van der Waals surface area contributed by atoms with Gasteiger partial charge in [0.1, 0.15) is 0 Å². The molecule has 0 aliphatic heterocycles. The summed E-state index contributed by atoms with van der Waals surface area (Å²) < 4.78 is 39.8. The van der Waals surface area contributed by atoms with Crippen LogP contribution in [0.2, 0.25) is 0 Å². The SMILES string of the molecule is Fc1c[c]c(-c2ccc3ncccc3c2)c(F)c1F. The van der Waals surface area contributed by atoms with Gasteiger partial charge in [0.05, 0.1) is 5.52 Å². The van der Waals surface area contributed by atoms with E-state index in [2.05, 4.69) is 11.1 Å². The van der Waals surface area contributed by atoms with E-state index in [-0.39, 0.29) is 5.56 Å². The average molecular weight is 258 g/mol. The van der Waals surface area contributed by atoms with Gasteiger partial charge in [0.2, 0.25) is 0 Å². The van der Waals surface area contributed by atoms with E-state index in [0.29, 0.717) is 5.56 Å². The summed E-state index contributed by atoms with van der Waals surface area (Å²) in [7, 11) is 0. The van der Waals surface area contributed by atoms with Crippen LogP contribution in [0.1, 0.15) is 0 Å². The van der Waals surface area contributed by atoms with Gasteiger partial charge in [-0.15, -0.1) is 0 Å². The first kappa shape index (κ1) is 11.7. The Hall–Kier alpha value is -2.36. The zero-order chi connectivity index (χ0) is 13.4. The van der Waals surface area contributed by atoms with Crippen LogP contribution in [0.25, 0.3) is 22.0 Å². The summed E-state index contributed by atoms with van der Waals surface area (Å²) in [6.45, 7) is 0. The highest BCUT2D eigenvalue weighted by Gasteiger charge is 2.15. The molecule has 1 aromatic heterocycles. The van der Waals surface area contributed by atoms with Gasteiger partial charge in [-0.25, -0.2) is 13.2 Å². The van der Waals surface area contributed by atoms with Gasteiger partial charge in [-0.2, -0.15) is 0 Å². The van der Waals surface area contributed by atoms with Gasteiger partial charge in [0, 0.05) is 17.1 Å². The molecule has 0 saturated heterocycles. The van der Waals surface area contributed by atoms with Crippen LogP contribution < -0.4 is 0 Å². The number of nitrogens with zero attached hydrogens (tertiary/aromatic N) is 1. The molecule has 0 N–H and O–H groups in total. The van der Waals surface area contributed by atoms with Crippen molar-refractivity contribution in [1.82, 2.24) is 4.98 Å². The van der Waals surface area contributed by atoms with E-state index in [1.165, 1.54) is 0 Å². The highest BCUT2D eigenvalue weighted by atomic mass is 19.2. The maximum atomic E-state index is 13.7. The molecule has 0 fully saturated rings. The number of aromatic nitrogens is 1. The predicted molar refractivity (Wildman–Crippen MR) is 65.9 cm³/mol. The minimum absolute atomic E-state index is 0.0929. The molecule has 1 nitrogen and oxygen atoms in total. The second kappa shape index (κ2) is 4.39. The van der Waals surface area contributed by atoms with Gasteiger partial charge < -0.3 is 0 Å². The monoisotopic (exact) mass is 258 g/mol. The molecule has 1 radical (unpaired) electrons. The van der Waals surface area contributed by atoms with Gasteiger partial charge in [-0.3, -0.25) is 4.98 Å². The van der Waals surface area contributed by atoms with Crippen molar-refractivity contribution < 1.29 is 13.2 Å². The van der Waals surface area contributed by atoms with Gasteiger partial charge in [-0.05, 0) is 35.9 Å². The Kier molecular flexibility index (Phi) is 2.71. The fourth-order valence-corrected chi connectivity index (χ4v) is 1.92. The van der Waals surface area contributed by atoms with E-state index in [1.807, 2.05) is 6.07 Å². The van der Waals surface area contributed by atoms with Crippen molar-refractivity contribution >= 4 is 10.9 Å². The van der Waals surface area contributed by atoms with Crippen molar-refractivity contribution in [3.05, 3.63) is 66.1 Å². The minimum Gasteiger partial charge on any atom is -0.256 e. The number of hydrogen-bond donors (Lipinski definition) is 0.